The fraction of sp³-hybridized carbons (Fsp3) is 0.364. The molecule has 1 aromatic heterocycles. The van der Waals surface area contributed by atoms with Crippen molar-refractivity contribution in [3.8, 4) is 11.5 Å². The van der Waals surface area contributed by atoms with E-state index in [4.69, 9.17) is 16.3 Å². The van der Waals surface area contributed by atoms with E-state index in [1.807, 2.05) is 18.2 Å². The molecule has 5 rings (SSSR count). The van der Waals surface area contributed by atoms with Crippen LogP contribution in [0, 0.1) is 0 Å². The van der Waals surface area contributed by atoms with Crippen LogP contribution in [-0.2, 0) is 6.42 Å². The molecule has 3 aromatic rings. The van der Waals surface area contributed by atoms with E-state index in [9.17, 15) is 18.0 Å². The molecule has 0 unspecified atom stereocenters. The summed E-state index contributed by atoms with van der Waals surface area (Å²) in [5.74, 6) is 0.415. The van der Waals surface area contributed by atoms with Crippen molar-refractivity contribution in [1.82, 2.24) is 9.88 Å². The Morgan fingerprint density at radius 2 is 2.00 bits per heavy atom. The zero-order valence-electron chi connectivity index (χ0n) is 17.2. The number of rotatable bonds is 2. The van der Waals surface area contributed by atoms with Gasteiger partial charge in [0.25, 0.3) is 0 Å². The Bertz CT molecular complexity index is 1210. The minimum atomic E-state index is -4.77. The molecule has 33 heavy (non-hydrogen) atoms. The second kappa shape index (κ2) is 8.25. The van der Waals surface area contributed by atoms with E-state index in [0.717, 1.165) is 35.5 Å². The second-order valence-corrected chi connectivity index (χ2v) is 9.56. The van der Waals surface area contributed by atoms with E-state index in [2.05, 4.69) is 15.0 Å². The number of hydrogen-bond acceptors (Lipinski definition) is 5. The molecule has 174 valence electrons. The molecule has 0 bridgehead atoms. The minimum Gasteiger partial charge on any atom is -0.485 e. The molecule has 0 radical (unpaired) electrons. The van der Waals surface area contributed by atoms with Gasteiger partial charge in [-0.05, 0) is 36.6 Å². The first kappa shape index (κ1) is 22.1. The molecule has 1 N–H and O–H groups in total. The molecular formula is C22H19ClF3N3O3S. The molecule has 0 saturated carbocycles. The van der Waals surface area contributed by atoms with Gasteiger partial charge >= 0.3 is 12.4 Å². The molecule has 2 amide bonds. The molecule has 3 heterocycles. The number of halogens is 4. The number of benzene rings is 2. The Morgan fingerprint density at radius 1 is 1.21 bits per heavy atom. The number of likely N-dealkylation sites (tertiary alicyclic amines) is 1. The number of anilines is 1. The van der Waals surface area contributed by atoms with Crippen molar-refractivity contribution in [2.24, 2.45) is 0 Å². The van der Waals surface area contributed by atoms with Crippen molar-refractivity contribution in [2.45, 2.75) is 37.6 Å². The molecule has 2 aliphatic heterocycles. The number of amides is 2. The van der Waals surface area contributed by atoms with Crippen LogP contribution in [-0.4, -0.2) is 41.0 Å². The van der Waals surface area contributed by atoms with Gasteiger partial charge in [-0.25, -0.2) is 9.78 Å². The number of nitrogens with one attached hydrogen (secondary N) is 1. The molecule has 1 spiro atoms. The molecule has 6 nitrogen and oxygen atoms in total. The van der Waals surface area contributed by atoms with Crippen molar-refractivity contribution in [2.75, 3.05) is 18.4 Å². The number of ether oxygens (including phenoxy) is 2. The molecule has 11 heteroatoms. The number of piperidine rings is 1. The van der Waals surface area contributed by atoms with E-state index in [1.54, 1.807) is 4.90 Å². The number of para-hydroxylation sites is 1. The Balaban J connectivity index is 1.22. The van der Waals surface area contributed by atoms with Crippen molar-refractivity contribution < 1.29 is 27.4 Å². The molecule has 2 aromatic carbocycles. The van der Waals surface area contributed by atoms with Crippen LogP contribution in [0.15, 0.2) is 36.4 Å². The summed E-state index contributed by atoms with van der Waals surface area (Å²) < 4.78 is 48.1. The first-order chi connectivity index (χ1) is 15.7. The number of hydrogen-bond donors (Lipinski definition) is 1. The average molecular weight is 498 g/mol. The highest BCUT2D eigenvalue weighted by Gasteiger charge is 2.41. The van der Waals surface area contributed by atoms with Crippen LogP contribution in [0.1, 0.15) is 24.8 Å². The fourth-order valence-electron chi connectivity index (χ4n) is 4.29. The first-order valence-electron chi connectivity index (χ1n) is 10.4. The SMILES string of the molecule is O=C(Nc1nc2ccc(OC(F)(F)F)cc2s1)N1CCC2(CCc3cccc(Cl)c3O2)CC1. The lowest BCUT2D eigenvalue weighted by molar-refractivity contribution is -0.274. The van der Waals surface area contributed by atoms with Gasteiger partial charge in [-0.1, -0.05) is 35.1 Å². The molecule has 1 fully saturated rings. The van der Waals surface area contributed by atoms with Crippen LogP contribution in [0.5, 0.6) is 11.5 Å². The fourth-order valence-corrected chi connectivity index (χ4v) is 5.41. The smallest absolute Gasteiger partial charge is 0.485 e. The van der Waals surface area contributed by atoms with Crippen LogP contribution in [0.4, 0.5) is 23.1 Å². The van der Waals surface area contributed by atoms with Gasteiger partial charge in [0, 0.05) is 32.0 Å². The maximum absolute atomic E-state index is 12.8. The van der Waals surface area contributed by atoms with E-state index in [0.29, 0.717) is 46.3 Å². The normalized spacial score (nSPS) is 17.5. The number of thiazole rings is 1. The highest BCUT2D eigenvalue weighted by Crippen LogP contribution is 2.42. The highest BCUT2D eigenvalue weighted by molar-refractivity contribution is 7.22. The molecule has 0 aliphatic carbocycles. The average Bonchev–Trinajstić information content (AvgIpc) is 3.15. The number of alkyl halides is 3. The van der Waals surface area contributed by atoms with E-state index >= 15 is 0 Å². The summed E-state index contributed by atoms with van der Waals surface area (Å²) in [6, 6.07) is 9.33. The predicted molar refractivity (Wildman–Crippen MR) is 119 cm³/mol. The third-order valence-corrected chi connectivity index (χ3v) is 7.22. The van der Waals surface area contributed by atoms with Crippen LogP contribution in [0.25, 0.3) is 10.2 Å². The summed E-state index contributed by atoms with van der Waals surface area (Å²) >= 11 is 7.41. The predicted octanol–water partition coefficient (Wildman–Crippen LogP) is 6.24. The number of carbonyl (C=O) groups is 1. The van der Waals surface area contributed by atoms with Gasteiger partial charge in [0.1, 0.15) is 17.1 Å². The Labute approximate surface area is 196 Å². The number of urea groups is 1. The Morgan fingerprint density at radius 3 is 2.76 bits per heavy atom. The summed E-state index contributed by atoms with van der Waals surface area (Å²) in [6.07, 6.45) is -1.65. The minimum absolute atomic E-state index is 0.301. The third kappa shape index (κ3) is 4.67. The lowest BCUT2D eigenvalue weighted by Gasteiger charge is -2.44. The van der Waals surface area contributed by atoms with Gasteiger partial charge in [0.05, 0.1) is 15.2 Å². The number of aromatic nitrogens is 1. The topological polar surface area (TPSA) is 63.7 Å². The third-order valence-electron chi connectivity index (χ3n) is 5.99. The largest absolute Gasteiger partial charge is 0.573 e. The van der Waals surface area contributed by atoms with Gasteiger partial charge in [-0.3, -0.25) is 5.32 Å². The van der Waals surface area contributed by atoms with Crippen molar-refractivity contribution in [3.63, 3.8) is 0 Å². The monoisotopic (exact) mass is 497 g/mol. The number of nitrogens with zero attached hydrogens (tertiary/aromatic N) is 2. The summed E-state index contributed by atoms with van der Waals surface area (Å²) in [5, 5.41) is 3.67. The summed E-state index contributed by atoms with van der Waals surface area (Å²) in [4.78, 5) is 18.8. The van der Waals surface area contributed by atoms with Crippen molar-refractivity contribution in [1.29, 1.82) is 0 Å². The highest BCUT2D eigenvalue weighted by atomic mass is 35.5. The van der Waals surface area contributed by atoms with Crippen LogP contribution in [0.2, 0.25) is 5.02 Å². The maximum Gasteiger partial charge on any atom is 0.573 e. The lowest BCUT2D eigenvalue weighted by Crippen LogP contribution is -2.52. The second-order valence-electron chi connectivity index (χ2n) is 8.13. The first-order valence-corrected chi connectivity index (χ1v) is 11.6. The van der Waals surface area contributed by atoms with Crippen LogP contribution in [0.3, 0.4) is 0 Å². The summed E-state index contributed by atoms with van der Waals surface area (Å²) in [7, 11) is 0. The van der Waals surface area contributed by atoms with E-state index in [1.165, 1.54) is 18.2 Å². The summed E-state index contributed by atoms with van der Waals surface area (Å²) in [5.41, 5.74) is 1.25. The number of carbonyl (C=O) groups excluding carboxylic acids is 1. The summed E-state index contributed by atoms with van der Waals surface area (Å²) in [6.45, 7) is 1.03. The van der Waals surface area contributed by atoms with Crippen LogP contribution < -0.4 is 14.8 Å². The standard InChI is InChI=1S/C22H19ClF3N3O3S/c23-15-3-1-2-13-6-7-21(32-18(13)15)8-10-29(11-9-21)20(30)28-19-27-16-5-4-14(12-17(16)33-19)31-22(24,25)26/h1-5,12H,6-11H2,(H,27,28,30). The maximum atomic E-state index is 12.8. The van der Waals surface area contributed by atoms with E-state index in [-0.39, 0.29) is 17.4 Å². The lowest BCUT2D eigenvalue weighted by atomic mass is 9.83. The van der Waals surface area contributed by atoms with Gasteiger partial charge in [0.15, 0.2) is 5.13 Å². The molecule has 2 aliphatic rings. The number of aryl methyl sites for hydroxylation is 1. The van der Waals surface area contributed by atoms with Crippen molar-refractivity contribution >= 4 is 44.3 Å². The Kier molecular flexibility index (Phi) is 5.52. The van der Waals surface area contributed by atoms with Gasteiger partial charge in [-0.2, -0.15) is 0 Å². The van der Waals surface area contributed by atoms with E-state index < -0.39 is 6.36 Å². The quantitative estimate of drug-likeness (QED) is 0.455. The molecular weight excluding hydrogens is 479 g/mol. The van der Waals surface area contributed by atoms with Gasteiger partial charge in [0.2, 0.25) is 0 Å². The van der Waals surface area contributed by atoms with Crippen LogP contribution >= 0.6 is 22.9 Å². The molecule has 0 atom stereocenters. The Hall–Kier alpha value is -2.72. The van der Waals surface area contributed by atoms with Gasteiger partial charge < -0.3 is 14.4 Å². The number of fused-ring (bicyclic) bond motifs is 2. The van der Waals surface area contributed by atoms with Crippen molar-refractivity contribution in [3.05, 3.63) is 47.0 Å². The zero-order valence-corrected chi connectivity index (χ0v) is 18.8. The van der Waals surface area contributed by atoms with Gasteiger partial charge in [-0.15, -0.1) is 13.2 Å². The zero-order chi connectivity index (χ0) is 23.2. The molecule has 1 saturated heterocycles.